The molecule has 194 valence electrons. The summed E-state index contributed by atoms with van der Waals surface area (Å²) in [5.41, 5.74) is 4.93. The van der Waals surface area contributed by atoms with Crippen LogP contribution >= 0.6 is 0 Å². The molecular weight excluding hydrogens is 503 g/mol. The molecule has 0 saturated heterocycles. The SMILES string of the molecule is N=S(=O)(N[C@H]1CCCC(N2c3ccccc3CCc3ccccc32)=C1O)c1ccc(OC(F)(F)F)cc1. The molecule has 10 heteroatoms. The zero-order valence-corrected chi connectivity index (χ0v) is 20.6. The summed E-state index contributed by atoms with van der Waals surface area (Å²) >= 11 is 0. The standard InChI is InChI=1S/C27H26F3N3O3S/c28-27(29,30)36-20-14-16-21(17-15-20)37(31,35)32-22-8-5-11-25(26(22)34)33-23-9-3-1-6-18(23)12-13-19-7-2-4-10-24(19)33/h1-4,6-7,9-10,14-17,22,34H,5,8,11-13H2,(H2,31,32,35)/t22-,37?/m0/s1. The van der Waals surface area contributed by atoms with Gasteiger partial charge in [0.25, 0.3) is 0 Å². The van der Waals surface area contributed by atoms with Crippen molar-refractivity contribution in [3.8, 4) is 5.75 Å². The molecule has 1 aliphatic carbocycles. The second-order valence-electron chi connectivity index (χ2n) is 9.06. The van der Waals surface area contributed by atoms with E-state index in [1.54, 1.807) is 0 Å². The number of rotatable bonds is 5. The quantitative estimate of drug-likeness (QED) is 0.341. The van der Waals surface area contributed by atoms with Gasteiger partial charge in [0.05, 0.1) is 16.6 Å². The Kier molecular flexibility index (Phi) is 6.63. The van der Waals surface area contributed by atoms with E-state index in [1.807, 2.05) is 36.4 Å². The van der Waals surface area contributed by atoms with Crippen molar-refractivity contribution in [3.05, 3.63) is 95.4 Å². The fourth-order valence-electron chi connectivity index (χ4n) is 4.95. The lowest BCUT2D eigenvalue weighted by atomic mass is 9.96. The summed E-state index contributed by atoms with van der Waals surface area (Å²) in [6, 6.07) is 19.7. The van der Waals surface area contributed by atoms with Gasteiger partial charge in [-0.05, 0) is 79.6 Å². The van der Waals surface area contributed by atoms with Crippen molar-refractivity contribution in [1.29, 1.82) is 4.78 Å². The summed E-state index contributed by atoms with van der Waals surface area (Å²) in [5.74, 6) is -0.456. The van der Waals surface area contributed by atoms with Gasteiger partial charge in [0.1, 0.15) is 21.4 Å². The van der Waals surface area contributed by atoms with Crippen LogP contribution in [0.2, 0.25) is 0 Å². The topological polar surface area (TPSA) is 85.7 Å². The van der Waals surface area contributed by atoms with Gasteiger partial charge in [-0.1, -0.05) is 36.4 Å². The molecule has 0 amide bonds. The molecule has 3 aromatic rings. The number of alkyl halides is 3. The molecule has 6 nitrogen and oxygen atoms in total. The Morgan fingerprint density at radius 1 is 0.919 bits per heavy atom. The lowest BCUT2D eigenvalue weighted by molar-refractivity contribution is -0.274. The van der Waals surface area contributed by atoms with E-state index in [0.29, 0.717) is 25.0 Å². The van der Waals surface area contributed by atoms with Gasteiger partial charge >= 0.3 is 6.36 Å². The van der Waals surface area contributed by atoms with E-state index in [9.17, 15) is 22.5 Å². The first-order chi connectivity index (χ1) is 17.6. The Labute approximate surface area is 213 Å². The monoisotopic (exact) mass is 529 g/mol. The molecular formula is C27H26F3N3O3S. The second-order valence-corrected chi connectivity index (χ2v) is 10.9. The first kappa shape index (κ1) is 25.2. The van der Waals surface area contributed by atoms with Crippen LogP contribution < -0.4 is 14.4 Å². The van der Waals surface area contributed by atoms with Gasteiger partial charge in [-0.15, -0.1) is 13.2 Å². The Morgan fingerprint density at radius 3 is 2.05 bits per heavy atom. The van der Waals surface area contributed by atoms with Crippen LogP contribution in [0.15, 0.2) is 89.1 Å². The number of aliphatic hydroxyl groups excluding tert-OH is 1. The molecule has 5 rings (SSSR count). The van der Waals surface area contributed by atoms with Crippen LogP contribution in [0.4, 0.5) is 24.5 Å². The number of nitrogens with one attached hydrogen (secondary N) is 2. The van der Waals surface area contributed by atoms with E-state index in [1.165, 1.54) is 0 Å². The Bertz CT molecular complexity index is 1390. The number of aryl methyl sites for hydroxylation is 2. The van der Waals surface area contributed by atoms with Crippen molar-refractivity contribution in [2.75, 3.05) is 4.90 Å². The zero-order chi connectivity index (χ0) is 26.2. The molecule has 2 atom stereocenters. The minimum atomic E-state index is -4.85. The van der Waals surface area contributed by atoms with Gasteiger partial charge in [0, 0.05) is 11.4 Å². The molecule has 3 aromatic carbocycles. The van der Waals surface area contributed by atoms with Crippen molar-refractivity contribution in [2.45, 2.75) is 49.4 Å². The molecule has 37 heavy (non-hydrogen) atoms. The summed E-state index contributed by atoms with van der Waals surface area (Å²) in [7, 11) is -3.64. The average Bonchev–Trinajstić information content (AvgIpc) is 3.02. The first-order valence-electron chi connectivity index (χ1n) is 11.9. The van der Waals surface area contributed by atoms with Gasteiger partial charge in [-0.25, -0.2) is 13.7 Å². The average molecular weight is 530 g/mol. The number of aliphatic hydroxyl groups is 1. The number of nitrogens with zero attached hydrogens (tertiary/aromatic N) is 1. The van der Waals surface area contributed by atoms with Crippen LogP contribution in [0, 0.1) is 4.78 Å². The van der Waals surface area contributed by atoms with E-state index in [0.717, 1.165) is 59.6 Å². The largest absolute Gasteiger partial charge is 0.573 e. The molecule has 0 aromatic heterocycles. The molecule has 0 fully saturated rings. The molecule has 1 aliphatic heterocycles. The zero-order valence-electron chi connectivity index (χ0n) is 19.8. The number of para-hydroxylation sites is 2. The lowest BCUT2D eigenvalue weighted by Gasteiger charge is -2.35. The summed E-state index contributed by atoms with van der Waals surface area (Å²) in [6.45, 7) is 0. The third-order valence-corrected chi connectivity index (χ3v) is 8.18. The highest BCUT2D eigenvalue weighted by molar-refractivity contribution is 7.90. The number of ether oxygens (including phenoxy) is 1. The third-order valence-electron chi connectivity index (χ3n) is 6.63. The van der Waals surface area contributed by atoms with Crippen molar-refractivity contribution < 1.29 is 27.2 Å². The summed E-state index contributed by atoms with van der Waals surface area (Å²) in [5, 5.41) is 11.4. The fraction of sp³-hybridized carbons (Fsp3) is 0.259. The fourth-order valence-corrected chi connectivity index (χ4v) is 6.24. The van der Waals surface area contributed by atoms with Crippen LogP contribution in [0.5, 0.6) is 5.75 Å². The minimum Gasteiger partial charge on any atom is -0.509 e. The van der Waals surface area contributed by atoms with Gasteiger partial charge in [-0.3, -0.25) is 0 Å². The van der Waals surface area contributed by atoms with Crippen molar-refractivity contribution in [3.63, 3.8) is 0 Å². The molecule has 0 radical (unpaired) electrons. The van der Waals surface area contributed by atoms with E-state index in [4.69, 9.17) is 4.78 Å². The number of hydrogen-bond acceptors (Lipinski definition) is 5. The normalized spacial score (nSPS) is 19.4. The highest BCUT2D eigenvalue weighted by Gasteiger charge is 2.33. The predicted molar refractivity (Wildman–Crippen MR) is 135 cm³/mol. The molecule has 0 spiro atoms. The van der Waals surface area contributed by atoms with Crippen molar-refractivity contribution in [1.82, 2.24) is 4.72 Å². The van der Waals surface area contributed by atoms with Crippen molar-refractivity contribution in [2.24, 2.45) is 0 Å². The highest BCUT2D eigenvalue weighted by Crippen LogP contribution is 2.42. The van der Waals surface area contributed by atoms with Crippen LogP contribution in [-0.2, 0) is 22.8 Å². The minimum absolute atomic E-state index is 0.00703. The molecule has 2 aliphatic rings. The Morgan fingerprint density at radius 2 is 1.49 bits per heavy atom. The number of anilines is 2. The summed E-state index contributed by atoms with van der Waals surface area (Å²) in [4.78, 5) is 2.06. The van der Waals surface area contributed by atoms with Gasteiger partial charge < -0.3 is 14.7 Å². The van der Waals surface area contributed by atoms with E-state index < -0.39 is 28.1 Å². The van der Waals surface area contributed by atoms with E-state index >= 15 is 0 Å². The van der Waals surface area contributed by atoms with Crippen molar-refractivity contribution >= 4 is 21.3 Å². The maximum atomic E-state index is 13.3. The molecule has 0 bridgehead atoms. The van der Waals surface area contributed by atoms with Crippen LogP contribution in [0.25, 0.3) is 0 Å². The number of allylic oxidation sites excluding steroid dienone is 1. The lowest BCUT2D eigenvalue weighted by Crippen LogP contribution is -2.39. The van der Waals surface area contributed by atoms with E-state index in [-0.39, 0.29) is 10.7 Å². The summed E-state index contributed by atoms with van der Waals surface area (Å²) in [6.07, 6.45) is -1.40. The highest BCUT2D eigenvalue weighted by atomic mass is 32.2. The van der Waals surface area contributed by atoms with Crippen LogP contribution in [-0.4, -0.2) is 21.7 Å². The maximum Gasteiger partial charge on any atom is 0.573 e. The Hall–Kier alpha value is -3.50. The molecule has 1 unspecified atom stereocenters. The first-order valence-corrected chi connectivity index (χ1v) is 13.5. The molecule has 3 N–H and O–H groups in total. The predicted octanol–water partition coefficient (Wildman–Crippen LogP) is 6.75. The van der Waals surface area contributed by atoms with Crippen LogP contribution in [0.1, 0.15) is 30.4 Å². The van der Waals surface area contributed by atoms with E-state index in [2.05, 4.69) is 26.5 Å². The number of fused-ring (bicyclic) bond motifs is 2. The number of benzene rings is 3. The molecule has 0 saturated carbocycles. The Balaban J connectivity index is 1.48. The molecule has 1 heterocycles. The smallest absolute Gasteiger partial charge is 0.509 e. The van der Waals surface area contributed by atoms with Gasteiger partial charge in [0.15, 0.2) is 0 Å². The summed E-state index contributed by atoms with van der Waals surface area (Å²) < 4.78 is 65.7. The third kappa shape index (κ3) is 5.30. The maximum absolute atomic E-state index is 13.3. The number of hydrogen-bond donors (Lipinski definition) is 3. The van der Waals surface area contributed by atoms with Gasteiger partial charge in [-0.2, -0.15) is 0 Å². The van der Waals surface area contributed by atoms with Gasteiger partial charge in [0.2, 0.25) is 0 Å². The second kappa shape index (κ2) is 9.75. The number of halogens is 3. The van der Waals surface area contributed by atoms with Crippen LogP contribution in [0.3, 0.4) is 0 Å².